The second kappa shape index (κ2) is 14.6. The standard InChI is InChI=1S/C32H38ClN3O5S/c1-3-30(32(38)34-26-14-8-5-9-15-26)35(22-24-11-6-4-7-12-24)31(37)23-36(27-16-10-13-25(33)21-27)42(39,40)29-19-17-28(41-2)18-20-29/h4,6-7,10-13,16-21,26,30H,3,5,8-9,14-15,22-23H2,1-2H3,(H,34,38)/t30-/m0/s1. The van der Waals surface area contributed by atoms with Crippen LogP contribution in [-0.2, 0) is 26.2 Å². The third kappa shape index (κ3) is 7.83. The van der Waals surface area contributed by atoms with E-state index in [1.807, 2.05) is 37.3 Å². The largest absolute Gasteiger partial charge is 0.497 e. The molecule has 0 saturated heterocycles. The first kappa shape index (κ1) is 31.4. The van der Waals surface area contributed by atoms with Gasteiger partial charge in [-0.15, -0.1) is 0 Å². The van der Waals surface area contributed by atoms with Crippen LogP contribution in [0, 0.1) is 0 Å². The van der Waals surface area contributed by atoms with Crippen molar-refractivity contribution in [2.24, 2.45) is 0 Å². The van der Waals surface area contributed by atoms with Gasteiger partial charge in [0, 0.05) is 17.6 Å². The number of methoxy groups -OCH3 is 1. The van der Waals surface area contributed by atoms with Gasteiger partial charge in [0.15, 0.2) is 0 Å². The molecule has 1 atom stereocenters. The van der Waals surface area contributed by atoms with E-state index in [1.165, 1.54) is 30.2 Å². The van der Waals surface area contributed by atoms with E-state index in [4.69, 9.17) is 16.3 Å². The summed E-state index contributed by atoms with van der Waals surface area (Å²) in [7, 11) is -2.71. The summed E-state index contributed by atoms with van der Waals surface area (Å²) in [5.74, 6) is -0.217. The summed E-state index contributed by atoms with van der Waals surface area (Å²) in [5, 5.41) is 3.48. The molecule has 0 radical (unpaired) electrons. The second-order valence-electron chi connectivity index (χ2n) is 10.4. The van der Waals surface area contributed by atoms with Gasteiger partial charge in [-0.25, -0.2) is 8.42 Å². The molecule has 1 aliphatic carbocycles. The molecule has 1 aliphatic rings. The van der Waals surface area contributed by atoms with Crippen LogP contribution >= 0.6 is 11.6 Å². The Morgan fingerprint density at radius 2 is 1.67 bits per heavy atom. The van der Waals surface area contributed by atoms with Crippen LogP contribution in [0.1, 0.15) is 51.0 Å². The van der Waals surface area contributed by atoms with Crippen LogP contribution in [0.5, 0.6) is 5.75 Å². The normalized spacial score (nSPS) is 14.5. The van der Waals surface area contributed by atoms with Gasteiger partial charge in [-0.2, -0.15) is 0 Å². The van der Waals surface area contributed by atoms with Crippen molar-refractivity contribution in [1.29, 1.82) is 0 Å². The van der Waals surface area contributed by atoms with Gasteiger partial charge >= 0.3 is 0 Å². The Bertz CT molecular complexity index is 1440. The van der Waals surface area contributed by atoms with Crippen molar-refractivity contribution in [3.8, 4) is 5.75 Å². The number of halogens is 1. The number of nitrogens with zero attached hydrogens (tertiary/aromatic N) is 2. The molecule has 8 nitrogen and oxygen atoms in total. The Kier molecular flexibility index (Phi) is 10.9. The number of carbonyl (C=O) groups excluding carboxylic acids is 2. The maximum absolute atomic E-state index is 14.2. The molecule has 0 unspecified atom stereocenters. The Hall–Kier alpha value is -3.56. The zero-order valence-electron chi connectivity index (χ0n) is 24.0. The van der Waals surface area contributed by atoms with Crippen LogP contribution in [-0.4, -0.2) is 50.9 Å². The van der Waals surface area contributed by atoms with E-state index in [1.54, 1.807) is 30.3 Å². The average Bonchev–Trinajstić information content (AvgIpc) is 3.00. The van der Waals surface area contributed by atoms with E-state index in [9.17, 15) is 18.0 Å². The van der Waals surface area contributed by atoms with Crippen LogP contribution in [0.15, 0.2) is 83.8 Å². The van der Waals surface area contributed by atoms with Crippen molar-refractivity contribution in [2.45, 2.75) is 69.0 Å². The number of ether oxygens (including phenoxy) is 1. The molecule has 0 aromatic heterocycles. The number of benzene rings is 3. The van der Waals surface area contributed by atoms with Crippen molar-refractivity contribution in [3.63, 3.8) is 0 Å². The number of sulfonamides is 1. The minimum absolute atomic E-state index is 0.00670. The predicted octanol–water partition coefficient (Wildman–Crippen LogP) is 5.80. The predicted molar refractivity (Wildman–Crippen MR) is 165 cm³/mol. The fourth-order valence-corrected chi connectivity index (χ4v) is 6.87. The molecular weight excluding hydrogens is 574 g/mol. The van der Waals surface area contributed by atoms with Crippen LogP contribution in [0.2, 0.25) is 5.02 Å². The molecule has 0 spiro atoms. The van der Waals surface area contributed by atoms with E-state index >= 15 is 0 Å². The molecule has 0 bridgehead atoms. The number of carbonyl (C=O) groups is 2. The molecule has 3 aromatic rings. The van der Waals surface area contributed by atoms with Gasteiger partial charge in [-0.1, -0.05) is 74.2 Å². The van der Waals surface area contributed by atoms with Crippen LogP contribution in [0.25, 0.3) is 0 Å². The molecule has 2 amide bonds. The SMILES string of the molecule is CC[C@@H](C(=O)NC1CCCCC1)N(Cc1ccccc1)C(=O)CN(c1cccc(Cl)c1)S(=O)(=O)c1ccc(OC)cc1. The lowest BCUT2D eigenvalue weighted by Gasteiger charge is -2.34. The van der Waals surface area contributed by atoms with E-state index in [0.29, 0.717) is 17.2 Å². The molecule has 3 aromatic carbocycles. The summed E-state index contributed by atoms with van der Waals surface area (Å²) in [6.45, 7) is 1.50. The quantitative estimate of drug-likeness (QED) is 0.279. The number of hydrogen-bond donors (Lipinski definition) is 1. The summed E-state index contributed by atoms with van der Waals surface area (Å²) in [6, 6.07) is 21.0. The summed E-state index contributed by atoms with van der Waals surface area (Å²) in [6.07, 6.45) is 5.48. The number of anilines is 1. The molecule has 0 heterocycles. The van der Waals surface area contributed by atoms with Crippen molar-refractivity contribution in [1.82, 2.24) is 10.2 Å². The Balaban J connectivity index is 1.69. The lowest BCUT2D eigenvalue weighted by molar-refractivity contribution is -0.140. The minimum Gasteiger partial charge on any atom is -0.497 e. The van der Waals surface area contributed by atoms with Crippen molar-refractivity contribution < 1.29 is 22.7 Å². The first-order valence-electron chi connectivity index (χ1n) is 14.3. The Morgan fingerprint density at radius 1 is 0.976 bits per heavy atom. The number of rotatable bonds is 12. The molecule has 1 saturated carbocycles. The molecule has 4 rings (SSSR count). The van der Waals surface area contributed by atoms with Crippen LogP contribution in [0.3, 0.4) is 0 Å². The van der Waals surface area contributed by atoms with Crippen LogP contribution < -0.4 is 14.4 Å². The lowest BCUT2D eigenvalue weighted by atomic mass is 9.95. The molecule has 1 N–H and O–H groups in total. The lowest BCUT2D eigenvalue weighted by Crippen LogP contribution is -2.54. The minimum atomic E-state index is -4.20. The molecular formula is C32H38ClN3O5S. The van der Waals surface area contributed by atoms with E-state index in [-0.39, 0.29) is 29.1 Å². The van der Waals surface area contributed by atoms with E-state index in [2.05, 4.69) is 5.32 Å². The summed E-state index contributed by atoms with van der Waals surface area (Å²) in [5.41, 5.74) is 1.08. The molecule has 42 heavy (non-hydrogen) atoms. The van der Waals surface area contributed by atoms with Gasteiger partial charge in [0.25, 0.3) is 10.0 Å². The maximum atomic E-state index is 14.2. The highest BCUT2D eigenvalue weighted by Gasteiger charge is 2.34. The van der Waals surface area contributed by atoms with Crippen molar-refractivity contribution in [2.75, 3.05) is 18.0 Å². The van der Waals surface area contributed by atoms with E-state index < -0.39 is 28.5 Å². The summed E-state index contributed by atoms with van der Waals surface area (Å²) >= 11 is 6.25. The average molecular weight is 612 g/mol. The molecule has 1 fully saturated rings. The topological polar surface area (TPSA) is 96.0 Å². The summed E-state index contributed by atoms with van der Waals surface area (Å²) < 4.78 is 34.2. The third-order valence-electron chi connectivity index (χ3n) is 7.56. The number of hydrogen-bond acceptors (Lipinski definition) is 5. The fourth-order valence-electron chi connectivity index (χ4n) is 5.28. The smallest absolute Gasteiger partial charge is 0.264 e. The van der Waals surface area contributed by atoms with E-state index in [0.717, 1.165) is 42.0 Å². The van der Waals surface area contributed by atoms with Gasteiger partial charge in [0.1, 0.15) is 18.3 Å². The van der Waals surface area contributed by atoms with Gasteiger partial charge in [0.2, 0.25) is 11.8 Å². The van der Waals surface area contributed by atoms with Crippen LogP contribution in [0.4, 0.5) is 5.69 Å². The molecule has 224 valence electrons. The highest BCUT2D eigenvalue weighted by atomic mass is 35.5. The fraction of sp³-hybridized carbons (Fsp3) is 0.375. The Labute approximate surface area is 253 Å². The Morgan fingerprint density at radius 3 is 2.29 bits per heavy atom. The highest BCUT2D eigenvalue weighted by Crippen LogP contribution is 2.28. The first-order valence-corrected chi connectivity index (χ1v) is 16.1. The first-order chi connectivity index (χ1) is 20.2. The monoisotopic (exact) mass is 611 g/mol. The molecule has 10 heteroatoms. The van der Waals surface area contributed by atoms with Gasteiger partial charge in [-0.05, 0) is 67.3 Å². The van der Waals surface area contributed by atoms with Gasteiger partial charge < -0.3 is 15.0 Å². The van der Waals surface area contributed by atoms with Crippen molar-refractivity contribution >= 4 is 39.1 Å². The van der Waals surface area contributed by atoms with Gasteiger partial charge in [-0.3, -0.25) is 13.9 Å². The number of nitrogens with one attached hydrogen (secondary N) is 1. The highest BCUT2D eigenvalue weighted by molar-refractivity contribution is 7.92. The maximum Gasteiger partial charge on any atom is 0.264 e. The summed E-state index contributed by atoms with van der Waals surface area (Å²) in [4.78, 5) is 29.3. The zero-order chi connectivity index (χ0) is 30.1. The van der Waals surface area contributed by atoms with Crippen molar-refractivity contribution in [3.05, 3.63) is 89.4 Å². The third-order valence-corrected chi connectivity index (χ3v) is 9.58. The second-order valence-corrected chi connectivity index (χ2v) is 12.7. The number of amides is 2. The van der Waals surface area contributed by atoms with Gasteiger partial charge in [0.05, 0.1) is 17.7 Å². The zero-order valence-corrected chi connectivity index (χ0v) is 25.6. The molecule has 0 aliphatic heterocycles.